The van der Waals surface area contributed by atoms with Crippen LogP contribution in [0.25, 0.3) is 11.5 Å². The number of urea groups is 1. The number of thioether (sulfide) groups is 1. The van der Waals surface area contributed by atoms with Crippen molar-refractivity contribution in [2.45, 2.75) is 32.4 Å². The van der Waals surface area contributed by atoms with E-state index < -0.39 is 11.9 Å². The first-order valence-corrected chi connectivity index (χ1v) is 9.67. The lowest BCUT2D eigenvalue weighted by Crippen LogP contribution is -2.40. The van der Waals surface area contributed by atoms with Crippen LogP contribution in [0.2, 0.25) is 0 Å². The minimum Gasteiger partial charge on any atom is -0.411 e. The molecule has 1 aromatic heterocycles. The number of nitrogens with zero attached hydrogens (tertiary/aromatic N) is 2. The third-order valence-corrected chi connectivity index (χ3v) is 4.51. The molecule has 0 saturated carbocycles. The Kier molecular flexibility index (Phi) is 8.28. The van der Waals surface area contributed by atoms with Gasteiger partial charge in [-0.1, -0.05) is 17.8 Å². The van der Waals surface area contributed by atoms with Crippen LogP contribution < -0.4 is 10.6 Å². The zero-order valence-corrected chi connectivity index (χ0v) is 16.5. The molecule has 0 aliphatic carbocycles. The summed E-state index contributed by atoms with van der Waals surface area (Å²) in [6.45, 7) is 7.60. The summed E-state index contributed by atoms with van der Waals surface area (Å²) in [7, 11) is 0. The summed E-state index contributed by atoms with van der Waals surface area (Å²) in [5.41, 5.74) is 3.14. The van der Waals surface area contributed by atoms with Crippen LogP contribution in [-0.4, -0.2) is 47.6 Å². The first kappa shape index (κ1) is 20.9. The Labute approximate surface area is 162 Å². The number of hydrogen-bond donors (Lipinski definition) is 2. The maximum Gasteiger partial charge on any atom is 0.321 e. The number of aryl methyl sites for hydroxylation is 2. The molecule has 3 amide bonds. The number of nitrogens with one attached hydrogen (secondary N) is 2. The molecule has 0 fully saturated rings. The molecular weight excluding hydrogens is 368 g/mol. The Balaban J connectivity index is 1.75. The molecule has 2 aromatic rings. The van der Waals surface area contributed by atoms with E-state index in [1.165, 1.54) is 5.56 Å². The topological polar surface area (TPSA) is 106 Å². The van der Waals surface area contributed by atoms with Gasteiger partial charge in [0.25, 0.3) is 5.22 Å². The summed E-state index contributed by atoms with van der Waals surface area (Å²) < 4.78 is 10.7. The van der Waals surface area contributed by atoms with Gasteiger partial charge in [0.1, 0.15) is 0 Å². The second-order valence-electron chi connectivity index (χ2n) is 5.82. The van der Waals surface area contributed by atoms with Crippen molar-refractivity contribution >= 4 is 23.7 Å². The summed E-state index contributed by atoms with van der Waals surface area (Å²) in [6, 6.07) is 5.34. The molecule has 1 heterocycles. The van der Waals surface area contributed by atoms with Crippen molar-refractivity contribution in [2.75, 3.05) is 25.5 Å². The molecule has 9 heteroatoms. The Morgan fingerprint density at radius 2 is 2.04 bits per heavy atom. The van der Waals surface area contributed by atoms with Crippen molar-refractivity contribution in [3.8, 4) is 11.5 Å². The lowest BCUT2D eigenvalue weighted by molar-refractivity contribution is -0.117. The molecule has 146 valence electrons. The van der Waals surface area contributed by atoms with E-state index in [1.807, 2.05) is 39.0 Å². The number of aromatic nitrogens is 2. The van der Waals surface area contributed by atoms with Gasteiger partial charge in [-0.05, 0) is 50.5 Å². The number of rotatable bonds is 9. The summed E-state index contributed by atoms with van der Waals surface area (Å²) in [4.78, 5) is 23.4. The lowest BCUT2D eigenvalue weighted by atomic mass is 10.1. The van der Waals surface area contributed by atoms with E-state index in [1.54, 1.807) is 0 Å². The zero-order valence-electron chi connectivity index (χ0n) is 15.7. The van der Waals surface area contributed by atoms with E-state index in [9.17, 15) is 9.59 Å². The van der Waals surface area contributed by atoms with E-state index in [0.717, 1.165) is 22.9 Å². The van der Waals surface area contributed by atoms with E-state index in [0.29, 0.717) is 32.1 Å². The van der Waals surface area contributed by atoms with E-state index in [4.69, 9.17) is 9.15 Å². The minimum absolute atomic E-state index is 0.000917. The van der Waals surface area contributed by atoms with E-state index in [-0.39, 0.29) is 11.0 Å². The monoisotopic (exact) mass is 392 g/mol. The van der Waals surface area contributed by atoms with E-state index in [2.05, 4.69) is 20.8 Å². The standard InChI is InChI=1S/C18H24N4O4S/c1-4-25-9-5-8-19-17(24)20-15(23)11-27-18-22-21-16(26-18)14-7-6-12(2)13(3)10-14/h6-7,10H,4-5,8-9,11H2,1-3H3,(H2,19,20,23,24). The summed E-state index contributed by atoms with van der Waals surface area (Å²) in [5, 5.41) is 13.0. The molecule has 0 bridgehead atoms. The quantitative estimate of drug-likeness (QED) is 0.499. The van der Waals surface area contributed by atoms with Gasteiger partial charge in [-0.25, -0.2) is 4.79 Å². The number of ether oxygens (including phenoxy) is 1. The van der Waals surface area contributed by atoms with Crippen LogP contribution in [-0.2, 0) is 9.53 Å². The lowest BCUT2D eigenvalue weighted by Gasteiger charge is -2.06. The van der Waals surface area contributed by atoms with Gasteiger partial charge in [-0.15, -0.1) is 10.2 Å². The van der Waals surface area contributed by atoms with E-state index >= 15 is 0 Å². The van der Waals surface area contributed by atoms with Crippen molar-refractivity contribution in [3.63, 3.8) is 0 Å². The Bertz CT molecular complexity index is 778. The summed E-state index contributed by atoms with van der Waals surface area (Å²) in [6.07, 6.45) is 0.688. The molecule has 0 radical (unpaired) electrons. The van der Waals surface area contributed by atoms with Crippen molar-refractivity contribution in [1.29, 1.82) is 0 Å². The van der Waals surface area contributed by atoms with Crippen LogP contribution >= 0.6 is 11.8 Å². The fourth-order valence-electron chi connectivity index (χ4n) is 2.11. The third-order valence-electron chi connectivity index (χ3n) is 3.70. The number of benzene rings is 1. The van der Waals surface area contributed by atoms with Crippen LogP contribution in [0, 0.1) is 13.8 Å². The predicted molar refractivity (Wildman–Crippen MR) is 103 cm³/mol. The molecule has 1 aromatic carbocycles. The highest BCUT2D eigenvalue weighted by molar-refractivity contribution is 7.99. The van der Waals surface area contributed by atoms with Gasteiger partial charge in [0.2, 0.25) is 11.8 Å². The Morgan fingerprint density at radius 3 is 2.78 bits per heavy atom. The highest BCUT2D eigenvalue weighted by Crippen LogP contribution is 2.24. The molecule has 0 aliphatic rings. The van der Waals surface area contributed by atoms with Gasteiger partial charge in [0, 0.05) is 25.3 Å². The van der Waals surface area contributed by atoms with Gasteiger partial charge < -0.3 is 14.5 Å². The molecule has 2 N–H and O–H groups in total. The van der Waals surface area contributed by atoms with Crippen LogP contribution in [0.15, 0.2) is 27.8 Å². The molecular formula is C18H24N4O4S. The van der Waals surface area contributed by atoms with Crippen LogP contribution in [0.1, 0.15) is 24.5 Å². The van der Waals surface area contributed by atoms with Crippen LogP contribution in [0.5, 0.6) is 0 Å². The zero-order chi connectivity index (χ0) is 19.6. The van der Waals surface area contributed by atoms with Gasteiger partial charge in [0.15, 0.2) is 0 Å². The van der Waals surface area contributed by atoms with Crippen molar-refractivity contribution < 1.29 is 18.7 Å². The first-order valence-electron chi connectivity index (χ1n) is 8.69. The largest absolute Gasteiger partial charge is 0.411 e. The van der Waals surface area contributed by atoms with Crippen molar-refractivity contribution in [1.82, 2.24) is 20.8 Å². The number of imide groups is 1. The smallest absolute Gasteiger partial charge is 0.321 e. The Morgan fingerprint density at radius 1 is 1.22 bits per heavy atom. The second-order valence-corrected chi connectivity index (χ2v) is 6.74. The normalized spacial score (nSPS) is 10.6. The average molecular weight is 392 g/mol. The Hall–Kier alpha value is -2.39. The van der Waals surface area contributed by atoms with Crippen LogP contribution in [0.3, 0.4) is 0 Å². The fourth-order valence-corrected chi connectivity index (χ4v) is 2.68. The molecule has 8 nitrogen and oxygen atoms in total. The molecule has 0 saturated heterocycles. The number of carbonyl (C=O) groups is 2. The van der Waals surface area contributed by atoms with Gasteiger partial charge in [0.05, 0.1) is 5.75 Å². The maximum atomic E-state index is 11.8. The SMILES string of the molecule is CCOCCCNC(=O)NC(=O)CSc1nnc(-c2ccc(C)c(C)c2)o1. The maximum absolute atomic E-state index is 11.8. The highest BCUT2D eigenvalue weighted by atomic mass is 32.2. The molecule has 27 heavy (non-hydrogen) atoms. The van der Waals surface area contributed by atoms with Gasteiger partial charge in [-0.3, -0.25) is 10.1 Å². The van der Waals surface area contributed by atoms with Crippen molar-refractivity contribution in [2.24, 2.45) is 0 Å². The number of amides is 3. The fraction of sp³-hybridized carbons (Fsp3) is 0.444. The molecule has 0 spiro atoms. The number of carbonyl (C=O) groups excluding carboxylic acids is 2. The average Bonchev–Trinajstić information content (AvgIpc) is 3.11. The molecule has 0 unspecified atom stereocenters. The number of hydrogen-bond acceptors (Lipinski definition) is 7. The van der Waals surface area contributed by atoms with Gasteiger partial charge >= 0.3 is 6.03 Å². The summed E-state index contributed by atoms with van der Waals surface area (Å²) in [5.74, 6) is -0.0396. The third kappa shape index (κ3) is 7.03. The van der Waals surface area contributed by atoms with Crippen molar-refractivity contribution in [3.05, 3.63) is 29.3 Å². The second kappa shape index (κ2) is 10.7. The first-order chi connectivity index (χ1) is 13.0. The van der Waals surface area contributed by atoms with Crippen LogP contribution in [0.4, 0.5) is 4.79 Å². The van der Waals surface area contributed by atoms with Gasteiger partial charge in [-0.2, -0.15) is 0 Å². The predicted octanol–water partition coefficient (Wildman–Crippen LogP) is 2.70. The highest BCUT2D eigenvalue weighted by Gasteiger charge is 2.13. The molecule has 2 rings (SSSR count). The molecule has 0 atom stereocenters. The minimum atomic E-state index is -0.529. The molecule has 0 aliphatic heterocycles. The summed E-state index contributed by atoms with van der Waals surface area (Å²) >= 11 is 1.08.